The highest BCUT2D eigenvalue weighted by Gasteiger charge is 2.08. The maximum Gasteiger partial charge on any atom is 0.336 e. The Bertz CT molecular complexity index is 1230. The molecule has 0 spiro atoms. The van der Waals surface area contributed by atoms with Gasteiger partial charge in [-0.2, -0.15) is 5.10 Å². The van der Waals surface area contributed by atoms with Gasteiger partial charge in [0.25, 0.3) is 5.91 Å². The van der Waals surface area contributed by atoms with Crippen LogP contribution in [0.4, 0.5) is 0 Å². The number of thioether (sulfide) groups is 1. The molecule has 0 radical (unpaired) electrons. The van der Waals surface area contributed by atoms with Crippen LogP contribution in [0.2, 0.25) is 0 Å². The summed E-state index contributed by atoms with van der Waals surface area (Å²) in [7, 11) is 0. The van der Waals surface area contributed by atoms with E-state index in [0.717, 1.165) is 21.8 Å². The molecule has 1 heterocycles. The van der Waals surface area contributed by atoms with Crippen LogP contribution in [0.3, 0.4) is 0 Å². The lowest BCUT2D eigenvalue weighted by molar-refractivity contribution is 0.0696. The fourth-order valence-electron chi connectivity index (χ4n) is 2.93. The predicted octanol–water partition coefficient (Wildman–Crippen LogP) is 4.32. The molecule has 0 saturated heterocycles. The van der Waals surface area contributed by atoms with Gasteiger partial charge < -0.3 is 10.1 Å². The number of nitrogens with one attached hydrogen (secondary N) is 2. The number of rotatable bonds is 7. The highest BCUT2D eigenvalue weighted by atomic mass is 32.2. The average molecular weight is 430 g/mol. The van der Waals surface area contributed by atoms with Crippen LogP contribution in [0, 0.1) is 0 Å². The second-order valence-corrected chi connectivity index (χ2v) is 7.60. The number of aromatic nitrogens is 2. The van der Waals surface area contributed by atoms with Gasteiger partial charge >= 0.3 is 5.97 Å². The SMILES string of the molecule is O=C(N/N=C/c1ccccc1C(=O)O)c1ccc(CSc2nc3ccccc3[nH]2)cc1. The molecule has 154 valence electrons. The topological polar surface area (TPSA) is 107 Å². The van der Waals surface area contributed by atoms with Gasteiger partial charge in [-0.15, -0.1) is 0 Å². The van der Waals surface area contributed by atoms with E-state index in [1.54, 1.807) is 42.1 Å². The van der Waals surface area contributed by atoms with E-state index in [9.17, 15) is 14.7 Å². The number of aromatic amines is 1. The first-order chi connectivity index (χ1) is 15.1. The van der Waals surface area contributed by atoms with Crippen molar-refractivity contribution in [1.82, 2.24) is 15.4 Å². The van der Waals surface area contributed by atoms with E-state index in [-0.39, 0.29) is 11.5 Å². The van der Waals surface area contributed by atoms with E-state index in [0.29, 0.717) is 16.9 Å². The number of para-hydroxylation sites is 2. The number of benzene rings is 3. The van der Waals surface area contributed by atoms with E-state index >= 15 is 0 Å². The second-order valence-electron chi connectivity index (χ2n) is 6.64. The molecule has 0 bridgehead atoms. The molecule has 31 heavy (non-hydrogen) atoms. The number of carboxylic acid groups (broad SMARTS) is 1. The number of carbonyl (C=O) groups excluding carboxylic acids is 1. The Labute approximate surface area is 182 Å². The van der Waals surface area contributed by atoms with Crippen LogP contribution in [0.5, 0.6) is 0 Å². The third kappa shape index (κ3) is 4.99. The van der Waals surface area contributed by atoms with E-state index in [2.05, 4.69) is 20.5 Å². The van der Waals surface area contributed by atoms with E-state index < -0.39 is 5.97 Å². The number of hydrogen-bond donors (Lipinski definition) is 3. The van der Waals surface area contributed by atoms with Gasteiger partial charge in [0.05, 0.1) is 22.8 Å². The number of H-pyrrole nitrogens is 1. The number of carbonyl (C=O) groups is 2. The van der Waals surface area contributed by atoms with Crippen molar-refractivity contribution >= 4 is 40.9 Å². The Morgan fingerprint density at radius 2 is 1.77 bits per heavy atom. The normalized spacial score (nSPS) is 11.1. The fraction of sp³-hybridized carbons (Fsp3) is 0.0435. The summed E-state index contributed by atoms with van der Waals surface area (Å²) in [5.41, 5.74) is 6.40. The summed E-state index contributed by atoms with van der Waals surface area (Å²) in [5, 5.41) is 13.9. The van der Waals surface area contributed by atoms with Crippen molar-refractivity contribution in [3.8, 4) is 0 Å². The lowest BCUT2D eigenvalue weighted by Gasteiger charge is -2.03. The first-order valence-corrected chi connectivity index (χ1v) is 10.4. The summed E-state index contributed by atoms with van der Waals surface area (Å²) in [6.07, 6.45) is 1.32. The molecule has 0 unspecified atom stereocenters. The molecular formula is C23H18N4O3S. The van der Waals surface area contributed by atoms with Crippen molar-refractivity contribution in [2.75, 3.05) is 0 Å². The zero-order valence-electron chi connectivity index (χ0n) is 16.3. The Balaban J connectivity index is 1.34. The summed E-state index contributed by atoms with van der Waals surface area (Å²) in [4.78, 5) is 31.3. The molecule has 7 nitrogen and oxygen atoms in total. The maximum atomic E-state index is 12.3. The van der Waals surface area contributed by atoms with Gasteiger partial charge in [0.15, 0.2) is 5.16 Å². The molecule has 3 aromatic carbocycles. The van der Waals surface area contributed by atoms with E-state index in [4.69, 9.17) is 0 Å². The van der Waals surface area contributed by atoms with E-state index in [1.807, 2.05) is 36.4 Å². The molecule has 1 amide bonds. The molecule has 0 saturated carbocycles. The molecule has 4 aromatic rings. The Morgan fingerprint density at radius 1 is 1.03 bits per heavy atom. The van der Waals surface area contributed by atoms with Crippen molar-refractivity contribution in [3.63, 3.8) is 0 Å². The average Bonchev–Trinajstić information content (AvgIpc) is 3.21. The van der Waals surface area contributed by atoms with Crippen molar-refractivity contribution in [1.29, 1.82) is 0 Å². The monoisotopic (exact) mass is 430 g/mol. The smallest absolute Gasteiger partial charge is 0.336 e. The molecule has 0 aliphatic heterocycles. The highest BCUT2D eigenvalue weighted by molar-refractivity contribution is 7.98. The largest absolute Gasteiger partial charge is 0.478 e. The van der Waals surface area contributed by atoms with E-state index in [1.165, 1.54) is 12.3 Å². The van der Waals surface area contributed by atoms with Gasteiger partial charge in [0, 0.05) is 16.9 Å². The van der Waals surface area contributed by atoms with Crippen molar-refractivity contribution in [2.45, 2.75) is 10.9 Å². The second kappa shape index (κ2) is 9.27. The van der Waals surface area contributed by atoms with Crippen LogP contribution in [0.1, 0.15) is 31.8 Å². The van der Waals surface area contributed by atoms with Gasteiger partial charge in [-0.25, -0.2) is 15.2 Å². The molecule has 3 N–H and O–H groups in total. The van der Waals surface area contributed by atoms with Crippen LogP contribution in [-0.2, 0) is 5.75 Å². The lowest BCUT2D eigenvalue weighted by atomic mass is 10.1. The highest BCUT2D eigenvalue weighted by Crippen LogP contribution is 2.23. The molecule has 0 aliphatic rings. The summed E-state index contributed by atoms with van der Waals surface area (Å²) >= 11 is 1.59. The number of aromatic carboxylic acids is 1. The van der Waals surface area contributed by atoms with Gasteiger partial charge in [-0.05, 0) is 35.9 Å². The van der Waals surface area contributed by atoms with Crippen molar-refractivity contribution < 1.29 is 14.7 Å². The number of hydrogen-bond acceptors (Lipinski definition) is 5. The predicted molar refractivity (Wildman–Crippen MR) is 121 cm³/mol. The van der Waals surface area contributed by atoms with Crippen molar-refractivity contribution in [2.24, 2.45) is 5.10 Å². The molecular weight excluding hydrogens is 412 g/mol. The molecule has 0 aliphatic carbocycles. The Morgan fingerprint density at radius 3 is 2.55 bits per heavy atom. The Hall–Kier alpha value is -3.91. The molecule has 4 rings (SSSR count). The Kier molecular flexibility index (Phi) is 6.09. The van der Waals surface area contributed by atoms with Gasteiger partial charge in [0.2, 0.25) is 0 Å². The fourth-order valence-corrected chi connectivity index (χ4v) is 3.77. The quantitative estimate of drug-likeness (QED) is 0.230. The summed E-state index contributed by atoms with van der Waals surface area (Å²) in [6, 6.07) is 21.5. The molecule has 8 heteroatoms. The third-order valence-corrected chi connectivity index (χ3v) is 5.46. The number of imidazole rings is 1. The minimum absolute atomic E-state index is 0.117. The van der Waals surface area contributed by atoms with Crippen LogP contribution < -0.4 is 5.43 Å². The minimum atomic E-state index is -1.05. The number of hydrazone groups is 1. The number of amides is 1. The zero-order chi connectivity index (χ0) is 21.6. The minimum Gasteiger partial charge on any atom is -0.478 e. The standard InChI is InChI=1S/C23H18N4O3S/c28-21(27-24-13-17-5-1-2-6-18(17)22(29)30)16-11-9-15(10-12-16)14-31-23-25-19-7-3-4-8-20(19)26-23/h1-13H,14H2,(H,25,26)(H,27,28)(H,29,30)/b24-13+. The first kappa shape index (κ1) is 20.4. The van der Waals surface area contributed by atoms with Gasteiger partial charge in [0.1, 0.15) is 0 Å². The van der Waals surface area contributed by atoms with Crippen LogP contribution in [-0.4, -0.2) is 33.2 Å². The molecule has 1 aromatic heterocycles. The molecule has 0 atom stereocenters. The van der Waals surface area contributed by atoms with Gasteiger partial charge in [-0.1, -0.05) is 54.2 Å². The zero-order valence-corrected chi connectivity index (χ0v) is 17.1. The summed E-state index contributed by atoms with van der Waals surface area (Å²) < 4.78 is 0. The third-order valence-electron chi connectivity index (χ3n) is 4.52. The summed E-state index contributed by atoms with van der Waals surface area (Å²) in [5.74, 6) is -0.712. The maximum absolute atomic E-state index is 12.3. The van der Waals surface area contributed by atoms with Gasteiger partial charge in [-0.3, -0.25) is 4.79 Å². The van der Waals surface area contributed by atoms with Crippen LogP contribution >= 0.6 is 11.8 Å². The van der Waals surface area contributed by atoms with Crippen molar-refractivity contribution in [3.05, 3.63) is 95.1 Å². The molecule has 0 fully saturated rings. The van der Waals surface area contributed by atoms with Crippen LogP contribution in [0.25, 0.3) is 11.0 Å². The first-order valence-electron chi connectivity index (χ1n) is 9.42. The summed E-state index contributed by atoms with van der Waals surface area (Å²) in [6.45, 7) is 0. The number of fused-ring (bicyclic) bond motifs is 1. The number of nitrogens with zero attached hydrogens (tertiary/aromatic N) is 2. The lowest BCUT2D eigenvalue weighted by Crippen LogP contribution is -2.17. The number of carboxylic acids is 1. The van der Waals surface area contributed by atoms with Crippen LogP contribution in [0.15, 0.2) is 83.1 Å².